The first kappa shape index (κ1) is 29.9. The summed E-state index contributed by atoms with van der Waals surface area (Å²) in [6, 6.07) is 9.99. The summed E-state index contributed by atoms with van der Waals surface area (Å²) in [5, 5.41) is 14.0. The number of piperidine rings is 1. The van der Waals surface area contributed by atoms with Crippen LogP contribution in [0.2, 0.25) is 0 Å². The molecule has 45 heavy (non-hydrogen) atoms. The Labute approximate surface area is 265 Å². The first-order valence-electron chi connectivity index (χ1n) is 16.7. The van der Waals surface area contributed by atoms with E-state index in [1.54, 1.807) is 12.3 Å². The lowest BCUT2D eigenvalue weighted by atomic mass is 9.99. The van der Waals surface area contributed by atoms with Crippen molar-refractivity contribution in [1.82, 2.24) is 30.0 Å². The molecule has 12 heteroatoms. The fraction of sp³-hybridized carbons (Fsp3) is 0.576. The van der Waals surface area contributed by atoms with Gasteiger partial charge in [-0.1, -0.05) is 6.92 Å². The number of amides is 1. The molecule has 0 bridgehead atoms. The molecule has 5 heterocycles. The van der Waals surface area contributed by atoms with Crippen LogP contribution in [0.15, 0.2) is 30.5 Å². The van der Waals surface area contributed by atoms with Crippen molar-refractivity contribution in [3.63, 3.8) is 0 Å². The van der Waals surface area contributed by atoms with Gasteiger partial charge in [-0.2, -0.15) is 5.10 Å². The second kappa shape index (κ2) is 13.3. The third kappa shape index (κ3) is 6.78. The van der Waals surface area contributed by atoms with E-state index in [0.717, 1.165) is 44.1 Å². The molecule has 1 aromatic carbocycles. The molecule has 0 spiro atoms. The SMILES string of the molecule is CCc1cc(Nc2nc(NC3CCOCC3)c(-c3cc[nH]n3)nc2C(N)=O)ccc1N1CCC(N2CCN(C3CC3)CC2)CC1. The molecule has 3 saturated heterocycles. The Morgan fingerprint density at radius 3 is 2.27 bits per heavy atom. The van der Waals surface area contributed by atoms with Crippen molar-refractivity contribution in [1.29, 1.82) is 0 Å². The van der Waals surface area contributed by atoms with Gasteiger partial charge in [0.2, 0.25) is 0 Å². The number of aromatic amines is 1. The van der Waals surface area contributed by atoms with Crippen LogP contribution >= 0.6 is 0 Å². The average molecular weight is 615 g/mol. The van der Waals surface area contributed by atoms with Crippen LogP contribution in [-0.2, 0) is 11.2 Å². The maximum absolute atomic E-state index is 12.6. The summed E-state index contributed by atoms with van der Waals surface area (Å²) in [7, 11) is 0. The molecule has 240 valence electrons. The van der Waals surface area contributed by atoms with Crippen LogP contribution in [0.3, 0.4) is 0 Å². The molecule has 1 saturated carbocycles. The summed E-state index contributed by atoms with van der Waals surface area (Å²) in [4.78, 5) is 30.2. The topological polar surface area (TPSA) is 141 Å². The molecule has 0 unspecified atom stereocenters. The molecule has 5 N–H and O–H groups in total. The number of aromatic nitrogens is 4. The Hall–Kier alpha value is -3.74. The second-order valence-electron chi connectivity index (χ2n) is 12.8. The minimum absolute atomic E-state index is 0.0766. The van der Waals surface area contributed by atoms with Gasteiger partial charge in [-0.15, -0.1) is 0 Å². The van der Waals surface area contributed by atoms with Crippen molar-refractivity contribution >= 4 is 28.9 Å². The van der Waals surface area contributed by atoms with Crippen molar-refractivity contribution < 1.29 is 9.53 Å². The van der Waals surface area contributed by atoms with Crippen LogP contribution in [0.5, 0.6) is 0 Å². The number of H-pyrrole nitrogens is 1. The lowest BCUT2D eigenvalue weighted by Crippen LogP contribution is -2.53. The molecule has 4 aliphatic rings. The molecule has 4 fully saturated rings. The predicted molar refractivity (Wildman–Crippen MR) is 176 cm³/mol. The zero-order chi connectivity index (χ0) is 30.8. The molecule has 0 radical (unpaired) electrons. The number of aryl methyl sites for hydroxylation is 1. The molecule has 12 nitrogen and oxygen atoms in total. The predicted octanol–water partition coefficient (Wildman–Crippen LogP) is 3.61. The zero-order valence-corrected chi connectivity index (χ0v) is 26.3. The third-order valence-corrected chi connectivity index (χ3v) is 9.89. The zero-order valence-electron chi connectivity index (χ0n) is 26.3. The van der Waals surface area contributed by atoms with Crippen LogP contribution in [0.1, 0.15) is 61.5 Å². The highest BCUT2D eigenvalue weighted by molar-refractivity contribution is 5.97. The van der Waals surface area contributed by atoms with E-state index in [4.69, 9.17) is 15.5 Å². The van der Waals surface area contributed by atoms with Crippen LogP contribution in [0, 0.1) is 0 Å². The summed E-state index contributed by atoms with van der Waals surface area (Å²) in [6.07, 6.45) is 9.55. The Balaban J connectivity index is 1.07. The maximum atomic E-state index is 12.6. The van der Waals surface area contributed by atoms with Crippen LogP contribution in [0.25, 0.3) is 11.4 Å². The van der Waals surface area contributed by atoms with Gasteiger partial charge < -0.3 is 26.0 Å². The monoisotopic (exact) mass is 614 g/mol. The molecule has 1 amide bonds. The molecule has 3 aromatic rings. The van der Waals surface area contributed by atoms with E-state index >= 15 is 0 Å². The molecular weight excluding hydrogens is 568 g/mol. The number of anilines is 4. The van der Waals surface area contributed by atoms with Crippen molar-refractivity contribution in [2.24, 2.45) is 5.73 Å². The van der Waals surface area contributed by atoms with Crippen LogP contribution < -0.4 is 21.3 Å². The number of benzene rings is 1. The summed E-state index contributed by atoms with van der Waals surface area (Å²) in [5.74, 6) is 0.239. The molecule has 2 aromatic heterocycles. The molecule has 7 rings (SSSR count). The van der Waals surface area contributed by atoms with Gasteiger partial charge in [0, 0.05) is 88.2 Å². The van der Waals surface area contributed by atoms with Gasteiger partial charge >= 0.3 is 0 Å². The Bertz CT molecular complexity index is 1450. The minimum Gasteiger partial charge on any atom is -0.381 e. The maximum Gasteiger partial charge on any atom is 0.271 e. The van der Waals surface area contributed by atoms with Gasteiger partial charge in [0.1, 0.15) is 11.4 Å². The number of ether oxygens (including phenoxy) is 1. The summed E-state index contributed by atoms with van der Waals surface area (Å²) in [5.41, 5.74) is 10.4. The highest BCUT2D eigenvalue weighted by Gasteiger charge is 2.34. The van der Waals surface area contributed by atoms with Gasteiger partial charge in [-0.3, -0.25) is 19.7 Å². The van der Waals surface area contributed by atoms with E-state index < -0.39 is 5.91 Å². The van der Waals surface area contributed by atoms with Crippen molar-refractivity contribution in [3.8, 4) is 11.4 Å². The van der Waals surface area contributed by atoms with Gasteiger partial charge in [0.05, 0.1) is 0 Å². The number of carbonyl (C=O) groups is 1. The number of rotatable bonds is 10. The summed E-state index contributed by atoms with van der Waals surface area (Å²) in [6.45, 7) is 10.6. The summed E-state index contributed by atoms with van der Waals surface area (Å²) >= 11 is 0. The summed E-state index contributed by atoms with van der Waals surface area (Å²) < 4.78 is 5.54. The highest BCUT2D eigenvalue weighted by Crippen LogP contribution is 2.33. The lowest BCUT2D eigenvalue weighted by Gasteiger charge is -2.43. The number of nitrogens with zero attached hydrogens (tertiary/aromatic N) is 6. The van der Waals surface area contributed by atoms with E-state index in [0.29, 0.717) is 42.3 Å². The number of piperazine rings is 1. The standard InChI is InChI=1S/C33H46N10O2/c1-2-22-21-24(3-6-28(22)43-13-8-26(9-14-43)42-17-15-41(16-18-42)25-4-5-25)37-33-30(31(34)44)38-29(27-7-12-35-40-27)32(39-33)36-23-10-19-45-20-11-23/h3,6-7,12,21,23,25-26H,2,4-5,8-11,13-20H2,1H3,(H2,34,44)(H,35,40)(H2,36,37,39). The fourth-order valence-corrected chi connectivity index (χ4v) is 7.17. The van der Waals surface area contributed by atoms with Crippen molar-refractivity contribution in [2.75, 3.05) is 68.0 Å². The van der Waals surface area contributed by atoms with Crippen molar-refractivity contribution in [3.05, 3.63) is 41.7 Å². The van der Waals surface area contributed by atoms with E-state index in [1.807, 2.05) is 0 Å². The quantitative estimate of drug-likeness (QED) is 0.268. The number of carbonyl (C=O) groups excluding carboxylic acids is 1. The van der Waals surface area contributed by atoms with Crippen LogP contribution in [-0.4, -0.2) is 106 Å². The number of nitrogens with one attached hydrogen (secondary N) is 3. The smallest absolute Gasteiger partial charge is 0.271 e. The van der Waals surface area contributed by atoms with E-state index in [1.165, 1.54) is 63.1 Å². The minimum atomic E-state index is -0.649. The van der Waals surface area contributed by atoms with Gasteiger partial charge in [0.15, 0.2) is 17.3 Å². The van der Waals surface area contributed by atoms with E-state index in [-0.39, 0.29) is 11.7 Å². The van der Waals surface area contributed by atoms with Gasteiger partial charge in [-0.25, -0.2) is 9.97 Å². The Morgan fingerprint density at radius 1 is 0.933 bits per heavy atom. The number of primary amides is 1. The Morgan fingerprint density at radius 2 is 1.64 bits per heavy atom. The number of hydrogen-bond donors (Lipinski definition) is 4. The van der Waals surface area contributed by atoms with Crippen LogP contribution in [0.4, 0.5) is 23.0 Å². The van der Waals surface area contributed by atoms with Crippen molar-refractivity contribution in [2.45, 2.75) is 70.0 Å². The average Bonchev–Trinajstić information content (AvgIpc) is 3.79. The second-order valence-corrected chi connectivity index (χ2v) is 12.8. The molecule has 3 aliphatic heterocycles. The Kier molecular flexibility index (Phi) is 8.86. The molecular formula is C33H46N10O2. The molecule has 1 aliphatic carbocycles. The highest BCUT2D eigenvalue weighted by atomic mass is 16.5. The fourth-order valence-electron chi connectivity index (χ4n) is 7.17. The number of hydrogen-bond acceptors (Lipinski definition) is 10. The first-order chi connectivity index (χ1) is 22.1. The van der Waals surface area contributed by atoms with Gasteiger partial charge in [-0.05, 0) is 74.8 Å². The van der Waals surface area contributed by atoms with E-state index in [9.17, 15) is 4.79 Å². The molecule has 0 atom stereocenters. The normalized spacial score (nSPS) is 20.8. The van der Waals surface area contributed by atoms with E-state index in [2.05, 4.69) is 65.6 Å². The first-order valence-corrected chi connectivity index (χ1v) is 16.7. The van der Waals surface area contributed by atoms with Gasteiger partial charge in [0.25, 0.3) is 5.91 Å². The lowest BCUT2D eigenvalue weighted by molar-refractivity contribution is 0.0809. The number of nitrogens with two attached hydrogens (primary N) is 1. The largest absolute Gasteiger partial charge is 0.381 e. The third-order valence-electron chi connectivity index (χ3n) is 9.89.